The van der Waals surface area contributed by atoms with Crippen LogP contribution in [0.3, 0.4) is 0 Å². The second-order valence-electron chi connectivity index (χ2n) is 4.28. The van der Waals surface area contributed by atoms with Gasteiger partial charge >= 0.3 is 5.97 Å². The predicted molar refractivity (Wildman–Crippen MR) is 74.3 cm³/mol. The van der Waals surface area contributed by atoms with Gasteiger partial charge in [0.2, 0.25) is 0 Å². The van der Waals surface area contributed by atoms with Crippen molar-refractivity contribution in [3.05, 3.63) is 36.6 Å². The van der Waals surface area contributed by atoms with Gasteiger partial charge in [0.1, 0.15) is 5.76 Å². The van der Waals surface area contributed by atoms with E-state index in [9.17, 15) is 9.90 Å². The standard InChI is InChI=1S/C15H24O3/c1-5-8-10-13(7-3)11-18-15(17)12(4)14(16)9-6-2/h6,9,13,16H,2,4-5,7-8,10-11H2,1,3H3/b14-9+. The SMILES string of the molecule is C=C/C=C(/O)C(=C)C(=O)OCC(CC)CCCC. The molecular weight excluding hydrogens is 228 g/mol. The first-order valence-electron chi connectivity index (χ1n) is 6.44. The minimum Gasteiger partial charge on any atom is -0.507 e. The Hall–Kier alpha value is -1.51. The highest BCUT2D eigenvalue weighted by atomic mass is 16.5. The van der Waals surface area contributed by atoms with Crippen LogP contribution in [0, 0.1) is 5.92 Å². The monoisotopic (exact) mass is 252 g/mol. The van der Waals surface area contributed by atoms with Crippen molar-refractivity contribution in [2.75, 3.05) is 6.61 Å². The third-order valence-corrected chi connectivity index (χ3v) is 2.82. The number of allylic oxidation sites excluding steroid dienone is 2. The summed E-state index contributed by atoms with van der Waals surface area (Å²) in [5.41, 5.74) is -0.0276. The molecule has 0 aromatic rings. The van der Waals surface area contributed by atoms with Crippen LogP contribution in [0.4, 0.5) is 0 Å². The Morgan fingerprint density at radius 3 is 2.61 bits per heavy atom. The van der Waals surface area contributed by atoms with Crippen LogP contribution in [0.1, 0.15) is 39.5 Å². The minimum atomic E-state index is -0.569. The summed E-state index contributed by atoms with van der Waals surface area (Å²) in [7, 11) is 0. The van der Waals surface area contributed by atoms with Crippen LogP contribution in [0.2, 0.25) is 0 Å². The van der Waals surface area contributed by atoms with Crippen LogP contribution in [-0.2, 0) is 9.53 Å². The highest BCUT2D eigenvalue weighted by Crippen LogP contribution is 2.14. The lowest BCUT2D eigenvalue weighted by Crippen LogP contribution is -2.15. The molecule has 0 heterocycles. The molecule has 102 valence electrons. The molecular formula is C15H24O3. The third kappa shape index (κ3) is 6.28. The van der Waals surface area contributed by atoms with E-state index in [1.165, 1.54) is 12.2 Å². The van der Waals surface area contributed by atoms with Crippen molar-refractivity contribution in [1.82, 2.24) is 0 Å². The van der Waals surface area contributed by atoms with Gasteiger partial charge in [-0.1, -0.05) is 52.3 Å². The van der Waals surface area contributed by atoms with Crippen molar-refractivity contribution in [3.8, 4) is 0 Å². The fraction of sp³-hybridized carbons (Fsp3) is 0.533. The van der Waals surface area contributed by atoms with Crippen LogP contribution in [0.25, 0.3) is 0 Å². The van der Waals surface area contributed by atoms with Gasteiger partial charge in [-0.15, -0.1) is 0 Å². The summed E-state index contributed by atoms with van der Waals surface area (Å²) in [4.78, 5) is 11.6. The van der Waals surface area contributed by atoms with Gasteiger partial charge in [0.05, 0.1) is 12.2 Å². The zero-order valence-corrected chi connectivity index (χ0v) is 11.4. The maximum Gasteiger partial charge on any atom is 0.341 e. The summed E-state index contributed by atoms with van der Waals surface area (Å²) in [5, 5.41) is 9.44. The van der Waals surface area contributed by atoms with Gasteiger partial charge < -0.3 is 9.84 Å². The lowest BCUT2D eigenvalue weighted by atomic mass is 10.0. The van der Waals surface area contributed by atoms with E-state index in [-0.39, 0.29) is 11.3 Å². The van der Waals surface area contributed by atoms with E-state index < -0.39 is 5.97 Å². The fourth-order valence-corrected chi connectivity index (χ4v) is 1.50. The van der Waals surface area contributed by atoms with Crippen LogP contribution in [-0.4, -0.2) is 17.7 Å². The first-order chi connectivity index (χ1) is 8.56. The molecule has 0 bridgehead atoms. The number of carbonyl (C=O) groups excluding carboxylic acids is 1. The van der Waals surface area contributed by atoms with E-state index in [1.807, 2.05) is 0 Å². The lowest BCUT2D eigenvalue weighted by molar-refractivity contribution is -0.140. The Bertz CT molecular complexity index is 316. The molecule has 3 heteroatoms. The molecule has 0 aliphatic rings. The smallest absolute Gasteiger partial charge is 0.341 e. The minimum absolute atomic E-state index is 0.0276. The quantitative estimate of drug-likeness (QED) is 0.293. The van der Waals surface area contributed by atoms with Crippen LogP contribution in [0.5, 0.6) is 0 Å². The maximum atomic E-state index is 11.6. The predicted octanol–water partition coefficient (Wildman–Crippen LogP) is 3.93. The summed E-state index contributed by atoms with van der Waals surface area (Å²) < 4.78 is 5.15. The molecule has 3 nitrogen and oxygen atoms in total. The van der Waals surface area contributed by atoms with Crippen molar-refractivity contribution in [1.29, 1.82) is 0 Å². The first kappa shape index (κ1) is 16.5. The van der Waals surface area contributed by atoms with Gasteiger partial charge in [0.25, 0.3) is 0 Å². The number of carbonyl (C=O) groups is 1. The average Bonchev–Trinajstić information content (AvgIpc) is 2.38. The molecule has 0 fully saturated rings. The Kier molecular flexibility index (Phi) is 8.71. The van der Waals surface area contributed by atoms with Crippen LogP contribution >= 0.6 is 0 Å². The van der Waals surface area contributed by atoms with Crippen molar-refractivity contribution >= 4 is 5.97 Å². The van der Waals surface area contributed by atoms with Gasteiger partial charge in [0, 0.05) is 0 Å². The van der Waals surface area contributed by atoms with E-state index in [0.29, 0.717) is 12.5 Å². The molecule has 0 aromatic heterocycles. The van der Waals surface area contributed by atoms with Gasteiger partial charge in [0.15, 0.2) is 0 Å². The summed E-state index contributed by atoms with van der Waals surface area (Å²) in [5.74, 6) is -0.385. The largest absolute Gasteiger partial charge is 0.507 e. The fourth-order valence-electron chi connectivity index (χ4n) is 1.50. The van der Waals surface area contributed by atoms with E-state index in [2.05, 4.69) is 27.0 Å². The second-order valence-corrected chi connectivity index (χ2v) is 4.28. The molecule has 0 aromatic carbocycles. The molecule has 0 aliphatic carbocycles. The number of aliphatic hydroxyl groups excluding tert-OH is 1. The molecule has 1 unspecified atom stereocenters. The van der Waals surface area contributed by atoms with Gasteiger partial charge in [-0.3, -0.25) is 0 Å². The first-order valence-corrected chi connectivity index (χ1v) is 6.44. The molecule has 0 saturated heterocycles. The number of esters is 1. The summed E-state index contributed by atoms with van der Waals surface area (Å²) >= 11 is 0. The normalized spacial score (nSPS) is 12.9. The number of hydrogen-bond donors (Lipinski definition) is 1. The van der Waals surface area contributed by atoms with Gasteiger partial charge in [-0.2, -0.15) is 0 Å². The summed E-state index contributed by atoms with van der Waals surface area (Å²) in [6.45, 7) is 11.5. The van der Waals surface area contributed by atoms with Crippen molar-refractivity contribution in [3.63, 3.8) is 0 Å². The van der Waals surface area contributed by atoms with Crippen molar-refractivity contribution in [2.45, 2.75) is 39.5 Å². The molecule has 0 aliphatic heterocycles. The molecule has 0 amide bonds. The zero-order chi connectivity index (χ0) is 14.0. The van der Waals surface area contributed by atoms with E-state index in [0.717, 1.165) is 25.7 Å². The molecule has 0 rings (SSSR count). The lowest BCUT2D eigenvalue weighted by Gasteiger charge is -2.15. The summed E-state index contributed by atoms with van der Waals surface area (Å²) in [6, 6.07) is 0. The van der Waals surface area contributed by atoms with Gasteiger partial charge in [-0.25, -0.2) is 4.79 Å². The van der Waals surface area contributed by atoms with E-state index in [4.69, 9.17) is 4.74 Å². The van der Waals surface area contributed by atoms with Crippen LogP contribution < -0.4 is 0 Å². The van der Waals surface area contributed by atoms with Crippen LogP contribution in [0.15, 0.2) is 36.6 Å². The molecule has 0 radical (unpaired) electrons. The number of aliphatic hydroxyl groups is 1. The highest BCUT2D eigenvalue weighted by Gasteiger charge is 2.15. The van der Waals surface area contributed by atoms with E-state index >= 15 is 0 Å². The topological polar surface area (TPSA) is 46.5 Å². The Balaban J connectivity index is 4.19. The van der Waals surface area contributed by atoms with E-state index in [1.54, 1.807) is 0 Å². The molecule has 1 N–H and O–H groups in total. The van der Waals surface area contributed by atoms with Crippen molar-refractivity contribution < 1.29 is 14.6 Å². The number of rotatable bonds is 9. The number of ether oxygens (including phenoxy) is 1. The average molecular weight is 252 g/mol. The second kappa shape index (κ2) is 9.51. The number of unbranched alkanes of at least 4 members (excludes halogenated alkanes) is 1. The Morgan fingerprint density at radius 2 is 2.11 bits per heavy atom. The summed E-state index contributed by atoms with van der Waals surface area (Å²) in [6.07, 6.45) is 7.02. The molecule has 1 atom stereocenters. The number of hydrogen-bond acceptors (Lipinski definition) is 3. The third-order valence-electron chi connectivity index (χ3n) is 2.82. The molecule has 0 spiro atoms. The van der Waals surface area contributed by atoms with Gasteiger partial charge in [-0.05, 0) is 18.4 Å². The molecule has 18 heavy (non-hydrogen) atoms. The highest BCUT2D eigenvalue weighted by molar-refractivity contribution is 5.91. The molecule has 0 saturated carbocycles. The Labute approximate surface area is 110 Å². The van der Waals surface area contributed by atoms with Crippen molar-refractivity contribution in [2.24, 2.45) is 5.92 Å². The Morgan fingerprint density at radius 1 is 1.44 bits per heavy atom. The zero-order valence-electron chi connectivity index (χ0n) is 11.4. The maximum absolute atomic E-state index is 11.6.